The van der Waals surface area contributed by atoms with Gasteiger partial charge in [-0.1, -0.05) is 12.1 Å². The van der Waals surface area contributed by atoms with E-state index >= 15 is 0 Å². The van der Waals surface area contributed by atoms with Crippen molar-refractivity contribution in [3.63, 3.8) is 0 Å². The first kappa shape index (κ1) is 16.1. The van der Waals surface area contributed by atoms with E-state index in [1.165, 1.54) is 41.3 Å². The van der Waals surface area contributed by atoms with Gasteiger partial charge in [-0.25, -0.2) is 0 Å². The van der Waals surface area contributed by atoms with Crippen molar-refractivity contribution < 1.29 is 19.6 Å². The van der Waals surface area contributed by atoms with Gasteiger partial charge in [0.2, 0.25) is 0 Å². The third-order valence-corrected chi connectivity index (χ3v) is 3.00. The highest BCUT2D eigenvalue weighted by Gasteiger charge is 2.19. The highest BCUT2D eigenvalue weighted by Crippen LogP contribution is 2.19. The summed E-state index contributed by atoms with van der Waals surface area (Å²) in [4.78, 5) is 32.7. The van der Waals surface area contributed by atoms with Crippen molar-refractivity contribution in [2.45, 2.75) is 19.4 Å². The van der Waals surface area contributed by atoms with Crippen LogP contribution >= 0.6 is 0 Å². The summed E-state index contributed by atoms with van der Waals surface area (Å²) in [6.45, 7) is 0.356. The first-order valence-electron chi connectivity index (χ1n) is 6.74. The molecule has 1 aromatic carbocycles. The Morgan fingerprint density at radius 3 is 2.74 bits per heavy atom. The molecule has 0 aliphatic rings. The number of carboxylic acids is 1. The number of nitro benzene ring substituents is 1. The average Bonchev–Trinajstić information content (AvgIpc) is 2.94. The number of benzene rings is 1. The quantitative estimate of drug-likeness (QED) is 0.587. The summed E-state index contributed by atoms with van der Waals surface area (Å²) in [6, 6.07) is 5.62. The Hall–Kier alpha value is -3.23. The van der Waals surface area contributed by atoms with E-state index in [0.29, 0.717) is 18.7 Å². The van der Waals surface area contributed by atoms with Gasteiger partial charge >= 0.3 is 0 Å². The summed E-state index contributed by atoms with van der Waals surface area (Å²) in [5.41, 5.74) is 0.0233. The predicted molar refractivity (Wildman–Crippen MR) is 77.5 cm³/mol. The lowest BCUT2D eigenvalue weighted by molar-refractivity contribution is -0.385. The van der Waals surface area contributed by atoms with Gasteiger partial charge in [-0.3, -0.25) is 19.6 Å². The number of rotatable bonds is 7. The highest BCUT2D eigenvalue weighted by molar-refractivity contribution is 6.06. The van der Waals surface area contributed by atoms with Gasteiger partial charge in [0.1, 0.15) is 5.56 Å². The van der Waals surface area contributed by atoms with E-state index in [-0.39, 0.29) is 17.7 Å². The van der Waals surface area contributed by atoms with Crippen LogP contribution in [-0.4, -0.2) is 26.6 Å². The fourth-order valence-electron chi connectivity index (χ4n) is 1.96. The molecule has 2 aromatic rings. The van der Waals surface area contributed by atoms with Crippen LogP contribution < -0.4 is 10.4 Å². The van der Waals surface area contributed by atoms with E-state index in [2.05, 4.69) is 10.4 Å². The molecule has 0 saturated carbocycles. The molecule has 9 heteroatoms. The summed E-state index contributed by atoms with van der Waals surface area (Å²) < 4.78 is 1.47. The Morgan fingerprint density at radius 1 is 1.30 bits per heavy atom. The van der Waals surface area contributed by atoms with Gasteiger partial charge in [0, 0.05) is 24.8 Å². The lowest BCUT2D eigenvalue weighted by Gasteiger charge is -2.04. The van der Waals surface area contributed by atoms with E-state index in [0.717, 1.165) is 0 Å². The minimum atomic E-state index is -1.14. The minimum Gasteiger partial charge on any atom is -0.550 e. The number of nitrogens with zero attached hydrogens (tertiary/aromatic N) is 3. The molecule has 0 spiro atoms. The van der Waals surface area contributed by atoms with E-state index in [1.54, 1.807) is 0 Å². The van der Waals surface area contributed by atoms with E-state index in [1.807, 2.05) is 0 Å². The van der Waals surface area contributed by atoms with Crippen LogP contribution in [0.1, 0.15) is 23.2 Å². The Morgan fingerprint density at radius 2 is 2.04 bits per heavy atom. The Labute approximate surface area is 130 Å². The van der Waals surface area contributed by atoms with Crippen LogP contribution in [0.3, 0.4) is 0 Å². The number of amides is 1. The smallest absolute Gasteiger partial charge is 0.282 e. The molecule has 1 aromatic heterocycles. The lowest BCUT2D eigenvalue weighted by atomic mass is 10.1. The normalized spacial score (nSPS) is 10.3. The van der Waals surface area contributed by atoms with Crippen molar-refractivity contribution in [2.24, 2.45) is 0 Å². The van der Waals surface area contributed by atoms with E-state index in [4.69, 9.17) is 0 Å². The molecule has 0 fully saturated rings. The van der Waals surface area contributed by atoms with E-state index in [9.17, 15) is 24.8 Å². The number of carbonyl (C=O) groups excluding carboxylic acids is 2. The molecular formula is C14H13N4O5-. The molecule has 0 atom stereocenters. The molecule has 1 N–H and O–H groups in total. The first-order chi connectivity index (χ1) is 11.0. The standard InChI is InChI=1S/C14H14N4O5/c19-13(20)6-3-7-17-9-10(8-15-17)16-14(21)11-4-1-2-5-12(11)18(22)23/h1-2,4-5,8-9H,3,6-7H2,(H,16,21)(H,19,20)/p-1. The summed E-state index contributed by atoms with van der Waals surface area (Å²) in [5, 5.41) is 27.7. The SMILES string of the molecule is O=C([O-])CCCn1cc(NC(=O)c2ccccc2[N+](=O)[O-])cn1. The Bertz CT molecular complexity index is 740. The number of para-hydroxylation sites is 1. The van der Waals surface area contributed by atoms with Crippen molar-refractivity contribution in [1.29, 1.82) is 0 Å². The Balaban J connectivity index is 2.02. The maximum absolute atomic E-state index is 12.1. The topological polar surface area (TPSA) is 130 Å². The van der Waals surface area contributed by atoms with Gasteiger partial charge in [0.25, 0.3) is 11.6 Å². The highest BCUT2D eigenvalue weighted by atomic mass is 16.6. The summed E-state index contributed by atoms with van der Waals surface area (Å²) in [6.07, 6.45) is 3.16. The van der Waals surface area contributed by atoms with Crippen molar-refractivity contribution in [3.8, 4) is 0 Å². The lowest BCUT2D eigenvalue weighted by Crippen LogP contribution is -2.22. The second-order valence-corrected chi connectivity index (χ2v) is 4.70. The van der Waals surface area contributed by atoms with E-state index < -0.39 is 16.8 Å². The number of nitro groups is 1. The van der Waals surface area contributed by atoms with Crippen LogP contribution in [0, 0.1) is 10.1 Å². The van der Waals surface area contributed by atoms with Gasteiger partial charge in [-0.05, 0) is 18.9 Å². The minimum absolute atomic E-state index is 0.0535. The fraction of sp³-hybridized carbons (Fsp3) is 0.214. The number of aryl methyl sites for hydroxylation is 1. The predicted octanol–water partition coefficient (Wildman–Crippen LogP) is 0.574. The molecule has 1 heterocycles. The molecule has 0 radical (unpaired) electrons. The molecule has 0 aliphatic carbocycles. The molecule has 0 aliphatic heterocycles. The fourth-order valence-corrected chi connectivity index (χ4v) is 1.96. The summed E-state index contributed by atoms with van der Waals surface area (Å²) in [5.74, 6) is -1.76. The van der Waals surface area contributed by atoms with Gasteiger partial charge in [0.15, 0.2) is 0 Å². The van der Waals surface area contributed by atoms with Crippen molar-refractivity contribution >= 4 is 23.3 Å². The molecule has 0 unspecified atom stereocenters. The second kappa shape index (κ2) is 7.16. The number of nitrogens with one attached hydrogen (secondary N) is 1. The number of carboxylic acid groups (broad SMARTS) is 1. The van der Waals surface area contributed by atoms with Crippen molar-refractivity contribution in [1.82, 2.24) is 9.78 Å². The molecule has 0 saturated heterocycles. The van der Waals surface area contributed by atoms with Crippen molar-refractivity contribution in [3.05, 3.63) is 52.3 Å². The summed E-state index contributed by atoms with van der Waals surface area (Å²) >= 11 is 0. The van der Waals surface area contributed by atoms with Gasteiger partial charge in [-0.2, -0.15) is 5.10 Å². The maximum atomic E-state index is 12.1. The zero-order valence-corrected chi connectivity index (χ0v) is 12.0. The van der Waals surface area contributed by atoms with Crippen LogP contribution in [-0.2, 0) is 11.3 Å². The number of hydrogen-bond donors (Lipinski definition) is 1. The molecule has 120 valence electrons. The number of anilines is 1. The Kier molecular flexibility index (Phi) is 5.03. The molecular weight excluding hydrogens is 304 g/mol. The summed E-state index contributed by atoms with van der Waals surface area (Å²) in [7, 11) is 0. The van der Waals surface area contributed by atoms with Crippen LogP contribution in [0.2, 0.25) is 0 Å². The third kappa shape index (κ3) is 4.37. The molecule has 0 bridgehead atoms. The zero-order chi connectivity index (χ0) is 16.8. The average molecular weight is 317 g/mol. The van der Waals surface area contributed by atoms with Gasteiger partial charge in [-0.15, -0.1) is 0 Å². The second-order valence-electron chi connectivity index (χ2n) is 4.70. The largest absolute Gasteiger partial charge is 0.550 e. The van der Waals surface area contributed by atoms with Crippen LogP contribution in [0.15, 0.2) is 36.7 Å². The molecule has 9 nitrogen and oxygen atoms in total. The number of aromatic nitrogens is 2. The maximum Gasteiger partial charge on any atom is 0.282 e. The monoisotopic (exact) mass is 317 g/mol. The van der Waals surface area contributed by atoms with Gasteiger partial charge < -0.3 is 15.2 Å². The zero-order valence-electron chi connectivity index (χ0n) is 12.0. The van der Waals surface area contributed by atoms with Crippen molar-refractivity contribution in [2.75, 3.05) is 5.32 Å². The third-order valence-electron chi connectivity index (χ3n) is 3.00. The molecule has 23 heavy (non-hydrogen) atoms. The molecule has 2 rings (SSSR count). The molecule has 1 amide bonds. The van der Waals surface area contributed by atoms with Gasteiger partial charge in [0.05, 0.1) is 16.8 Å². The first-order valence-corrected chi connectivity index (χ1v) is 6.74. The number of hydrogen-bond acceptors (Lipinski definition) is 6. The van der Waals surface area contributed by atoms with Crippen LogP contribution in [0.5, 0.6) is 0 Å². The van der Waals surface area contributed by atoms with Crippen LogP contribution in [0.25, 0.3) is 0 Å². The number of aliphatic carboxylic acids is 1. The number of carbonyl (C=O) groups is 2. The van der Waals surface area contributed by atoms with Crippen LogP contribution in [0.4, 0.5) is 11.4 Å².